The van der Waals surface area contributed by atoms with Gasteiger partial charge in [0, 0.05) is 12.0 Å². The lowest BCUT2D eigenvalue weighted by Gasteiger charge is -2.19. The maximum atomic E-state index is 14.1. The van der Waals surface area contributed by atoms with Crippen molar-refractivity contribution in [2.24, 2.45) is 5.73 Å². The molecule has 1 atom stereocenters. The molecule has 2 nitrogen and oxygen atoms in total. The van der Waals surface area contributed by atoms with Crippen LogP contribution in [0.15, 0.2) is 18.2 Å². The summed E-state index contributed by atoms with van der Waals surface area (Å²) in [6.07, 6.45) is 3.39. The molecule has 102 valence electrons. The minimum absolute atomic E-state index is 0.0511. The van der Waals surface area contributed by atoms with Gasteiger partial charge in [-0.25, -0.2) is 4.39 Å². The Balaban J connectivity index is 2.54. The van der Waals surface area contributed by atoms with Gasteiger partial charge in [-0.15, -0.1) is 0 Å². The molecule has 0 saturated carbocycles. The normalized spacial score (nSPS) is 14.5. The van der Waals surface area contributed by atoms with Crippen LogP contribution in [0.4, 0.5) is 4.39 Å². The molecule has 1 aromatic carbocycles. The summed E-state index contributed by atoms with van der Waals surface area (Å²) < 4.78 is 14.1. The summed E-state index contributed by atoms with van der Waals surface area (Å²) in [4.78, 5) is 0. The van der Waals surface area contributed by atoms with Crippen molar-refractivity contribution in [2.45, 2.75) is 38.0 Å². The highest BCUT2D eigenvalue weighted by Gasteiger charge is 2.28. The Morgan fingerprint density at radius 3 is 2.39 bits per heavy atom. The fraction of sp³-hybridized carbons (Fsp3) is 0.538. The molecule has 1 aromatic rings. The number of rotatable bonds is 7. The van der Waals surface area contributed by atoms with Gasteiger partial charge < -0.3 is 10.8 Å². The first-order valence-electron chi connectivity index (χ1n) is 6.04. The first kappa shape index (κ1) is 15.7. The van der Waals surface area contributed by atoms with Crippen LogP contribution < -0.4 is 5.73 Å². The van der Waals surface area contributed by atoms with E-state index in [0.717, 1.165) is 19.3 Å². The van der Waals surface area contributed by atoms with Crippen molar-refractivity contribution in [1.29, 1.82) is 0 Å². The van der Waals surface area contributed by atoms with Crippen molar-refractivity contribution in [2.75, 3.05) is 6.54 Å². The second-order valence-corrected chi connectivity index (χ2v) is 5.16. The summed E-state index contributed by atoms with van der Waals surface area (Å²) in [7, 11) is 0. The molecular weight excluding hydrogens is 276 g/mol. The van der Waals surface area contributed by atoms with Gasteiger partial charge >= 0.3 is 0 Å². The molecule has 0 aliphatic heterocycles. The minimum atomic E-state index is -2.35. The molecule has 0 aromatic heterocycles. The molecule has 1 rings (SSSR count). The largest absolute Gasteiger partial charge is 0.358 e. The molecule has 0 amide bonds. The van der Waals surface area contributed by atoms with E-state index in [0.29, 0.717) is 18.0 Å². The molecule has 0 spiro atoms. The smallest absolute Gasteiger partial charge is 0.233 e. The van der Waals surface area contributed by atoms with Crippen LogP contribution in [-0.2, 0) is 5.85 Å². The number of nitrogens with two attached hydrogens (primary N) is 1. The summed E-state index contributed by atoms with van der Waals surface area (Å²) >= 11 is 11.5. The van der Waals surface area contributed by atoms with Gasteiger partial charge in [0.15, 0.2) is 0 Å². The van der Waals surface area contributed by atoms with Crippen LogP contribution in [-0.4, -0.2) is 11.7 Å². The van der Waals surface area contributed by atoms with Gasteiger partial charge in [-0.1, -0.05) is 42.1 Å². The van der Waals surface area contributed by atoms with E-state index in [1.165, 1.54) is 18.2 Å². The van der Waals surface area contributed by atoms with Crippen molar-refractivity contribution in [3.8, 4) is 0 Å². The van der Waals surface area contributed by atoms with Gasteiger partial charge in [0.1, 0.15) is 0 Å². The standard InChI is InChI=1S/C13H18Cl2FNO/c14-11-6-5-10(9-12(11)15)13(16,18)7-3-1-2-4-8-17/h5-6,9,18H,1-4,7-8,17H2/t13-/m1/s1. The highest BCUT2D eigenvalue weighted by atomic mass is 35.5. The Morgan fingerprint density at radius 1 is 1.11 bits per heavy atom. The Labute approximate surface area is 117 Å². The molecule has 0 aliphatic carbocycles. The van der Waals surface area contributed by atoms with E-state index >= 15 is 0 Å². The average Bonchev–Trinajstić information content (AvgIpc) is 2.32. The Hall–Kier alpha value is -0.350. The lowest BCUT2D eigenvalue weighted by Crippen LogP contribution is -2.19. The van der Waals surface area contributed by atoms with Crippen LogP contribution >= 0.6 is 23.2 Å². The van der Waals surface area contributed by atoms with Crippen LogP contribution in [0.2, 0.25) is 10.0 Å². The predicted molar refractivity (Wildman–Crippen MR) is 73.6 cm³/mol. The van der Waals surface area contributed by atoms with Crippen LogP contribution in [0, 0.1) is 0 Å². The van der Waals surface area contributed by atoms with E-state index in [4.69, 9.17) is 28.9 Å². The van der Waals surface area contributed by atoms with Crippen molar-refractivity contribution in [3.05, 3.63) is 33.8 Å². The molecule has 18 heavy (non-hydrogen) atoms. The zero-order chi connectivity index (χ0) is 13.6. The Bertz CT molecular complexity index is 385. The van der Waals surface area contributed by atoms with Gasteiger partial charge in [0.25, 0.3) is 0 Å². The third kappa shape index (κ3) is 4.73. The molecule has 0 aliphatic rings. The monoisotopic (exact) mass is 293 g/mol. The third-order valence-corrected chi connectivity index (χ3v) is 3.56. The van der Waals surface area contributed by atoms with Crippen LogP contribution in [0.1, 0.15) is 37.7 Å². The molecular formula is C13H18Cl2FNO. The highest BCUT2D eigenvalue weighted by molar-refractivity contribution is 6.42. The van der Waals surface area contributed by atoms with E-state index in [9.17, 15) is 9.50 Å². The lowest BCUT2D eigenvalue weighted by atomic mass is 10.0. The second kappa shape index (κ2) is 7.29. The van der Waals surface area contributed by atoms with E-state index in [1.54, 1.807) is 0 Å². The summed E-state index contributed by atoms with van der Waals surface area (Å²) in [5, 5.41) is 10.4. The van der Waals surface area contributed by atoms with Crippen molar-refractivity contribution in [3.63, 3.8) is 0 Å². The zero-order valence-corrected chi connectivity index (χ0v) is 11.6. The van der Waals surface area contributed by atoms with Gasteiger partial charge in [0.05, 0.1) is 10.0 Å². The fourth-order valence-corrected chi connectivity index (χ4v) is 2.03. The number of aliphatic hydroxyl groups is 1. The first-order valence-corrected chi connectivity index (χ1v) is 6.80. The summed E-state index contributed by atoms with van der Waals surface area (Å²) in [5.74, 6) is -2.35. The van der Waals surface area contributed by atoms with Crippen LogP contribution in [0.5, 0.6) is 0 Å². The van der Waals surface area contributed by atoms with E-state index < -0.39 is 5.85 Å². The number of unbranched alkanes of at least 4 members (excludes halogenated alkanes) is 3. The quantitative estimate of drug-likeness (QED) is 0.746. The molecule has 0 heterocycles. The highest BCUT2D eigenvalue weighted by Crippen LogP contribution is 2.33. The third-order valence-electron chi connectivity index (χ3n) is 2.82. The van der Waals surface area contributed by atoms with Crippen molar-refractivity contribution >= 4 is 23.2 Å². The molecule has 3 N–H and O–H groups in total. The number of halogens is 3. The first-order chi connectivity index (χ1) is 8.47. The Kier molecular flexibility index (Phi) is 6.36. The number of hydrogen-bond donors (Lipinski definition) is 2. The molecule has 0 fully saturated rings. The number of benzene rings is 1. The Morgan fingerprint density at radius 2 is 1.78 bits per heavy atom. The van der Waals surface area contributed by atoms with Gasteiger partial charge in [-0.05, 0) is 31.5 Å². The molecule has 0 radical (unpaired) electrons. The van der Waals surface area contributed by atoms with Crippen LogP contribution in [0.25, 0.3) is 0 Å². The number of hydrogen-bond acceptors (Lipinski definition) is 2. The van der Waals surface area contributed by atoms with Crippen molar-refractivity contribution in [1.82, 2.24) is 0 Å². The zero-order valence-electron chi connectivity index (χ0n) is 10.1. The molecule has 0 saturated heterocycles. The van der Waals surface area contributed by atoms with E-state index in [2.05, 4.69) is 0 Å². The molecule has 5 heteroatoms. The summed E-state index contributed by atoms with van der Waals surface area (Å²) in [6.45, 7) is 0.646. The maximum absolute atomic E-state index is 14.1. The predicted octanol–water partition coefficient (Wildman–Crippen LogP) is 4.02. The fourth-order valence-electron chi connectivity index (χ4n) is 1.74. The van der Waals surface area contributed by atoms with Gasteiger partial charge in [-0.3, -0.25) is 0 Å². The topological polar surface area (TPSA) is 46.2 Å². The summed E-state index contributed by atoms with van der Waals surface area (Å²) in [6, 6.07) is 4.30. The van der Waals surface area contributed by atoms with Gasteiger partial charge in [0.2, 0.25) is 5.85 Å². The molecule has 0 unspecified atom stereocenters. The minimum Gasteiger partial charge on any atom is -0.358 e. The van der Waals surface area contributed by atoms with E-state index in [-0.39, 0.29) is 17.0 Å². The lowest BCUT2D eigenvalue weighted by molar-refractivity contribution is -0.103. The maximum Gasteiger partial charge on any atom is 0.233 e. The second-order valence-electron chi connectivity index (χ2n) is 4.34. The van der Waals surface area contributed by atoms with Crippen LogP contribution in [0.3, 0.4) is 0 Å². The van der Waals surface area contributed by atoms with E-state index in [1.807, 2.05) is 0 Å². The molecule has 0 bridgehead atoms. The van der Waals surface area contributed by atoms with Crippen molar-refractivity contribution < 1.29 is 9.50 Å². The summed E-state index contributed by atoms with van der Waals surface area (Å²) in [5.41, 5.74) is 5.52. The number of alkyl halides is 1. The van der Waals surface area contributed by atoms with Gasteiger partial charge in [-0.2, -0.15) is 0 Å². The average molecular weight is 294 g/mol. The SMILES string of the molecule is NCCCCCC[C@](O)(F)c1ccc(Cl)c(Cl)c1.